The molecule has 0 bridgehead atoms. The molecule has 1 aromatic carbocycles. The Morgan fingerprint density at radius 1 is 1.26 bits per heavy atom. The monoisotopic (exact) mass is 266 g/mol. The number of amides is 1. The Labute approximate surface area is 114 Å². The standard InChI is InChI=1S/C15H23FN2O/c1-10(2)7-18-14(19)9-17-8-13-5-11(3)15(16)12(4)6-13/h5-6,10,17H,7-9H2,1-4H3,(H,18,19). The Balaban J connectivity index is 2.39. The summed E-state index contributed by atoms with van der Waals surface area (Å²) in [5, 5.41) is 5.90. The van der Waals surface area contributed by atoms with Crippen LogP contribution in [-0.2, 0) is 11.3 Å². The summed E-state index contributed by atoms with van der Waals surface area (Å²) in [7, 11) is 0. The minimum absolute atomic E-state index is 0.00995. The summed E-state index contributed by atoms with van der Waals surface area (Å²) in [4.78, 5) is 11.5. The molecule has 0 atom stereocenters. The van der Waals surface area contributed by atoms with E-state index in [0.29, 0.717) is 30.1 Å². The van der Waals surface area contributed by atoms with Crippen molar-refractivity contribution in [1.29, 1.82) is 0 Å². The predicted octanol–water partition coefficient (Wildman–Crippen LogP) is 2.30. The Morgan fingerprint density at radius 3 is 2.37 bits per heavy atom. The van der Waals surface area contributed by atoms with Crippen LogP contribution in [0.1, 0.15) is 30.5 Å². The fourth-order valence-corrected chi connectivity index (χ4v) is 1.84. The lowest BCUT2D eigenvalue weighted by atomic mass is 10.1. The summed E-state index contributed by atoms with van der Waals surface area (Å²) in [5.41, 5.74) is 2.27. The average molecular weight is 266 g/mol. The Kier molecular flexibility index (Phi) is 5.96. The molecule has 0 unspecified atom stereocenters. The molecule has 0 radical (unpaired) electrons. The Bertz CT molecular complexity index is 421. The minimum atomic E-state index is -0.154. The summed E-state index contributed by atoms with van der Waals surface area (Å²) in [6.45, 7) is 9.15. The van der Waals surface area contributed by atoms with E-state index < -0.39 is 0 Å². The first kappa shape index (κ1) is 15.6. The second-order valence-corrected chi connectivity index (χ2v) is 5.35. The summed E-state index contributed by atoms with van der Waals surface area (Å²) in [6, 6.07) is 3.61. The van der Waals surface area contributed by atoms with Crippen LogP contribution in [0.4, 0.5) is 4.39 Å². The third-order valence-corrected chi connectivity index (χ3v) is 2.82. The van der Waals surface area contributed by atoms with Gasteiger partial charge in [-0.25, -0.2) is 4.39 Å². The third kappa shape index (κ3) is 5.39. The van der Waals surface area contributed by atoms with Gasteiger partial charge in [0.05, 0.1) is 6.54 Å². The molecule has 0 saturated carbocycles. The van der Waals surface area contributed by atoms with E-state index in [9.17, 15) is 9.18 Å². The Morgan fingerprint density at radius 2 is 1.84 bits per heavy atom. The quantitative estimate of drug-likeness (QED) is 0.829. The van der Waals surface area contributed by atoms with E-state index in [-0.39, 0.29) is 18.3 Å². The molecule has 0 saturated heterocycles. The molecule has 1 rings (SSSR count). The number of aryl methyl sites for hydroxylation is 2. The van der Waals surface area contributed by atoms with Gasteiger partial charge in [0.15, 0.2) is 0 Å². The van der Waals surface area contributed by atoms with E-state index in [1.807, 2.05) is 0 Å². The molecular formula is C15H23FN2O. The highest BCUT2D eigenvalue weighted by Crippen LogP contribution is 2.14. The van der Waals surface area contributed by atoms with E-state index in [1.165, 1.54) is 0 Å². The average Bonchev–Trinajstić information content (AvgIpc) is 2.33. The SMILES string of the molecule is Cc1cc(CNCC(=O)NCC(C)C)cc(C)c1F. The highest BCUT2D eigenvalue weighted by atomic mass is 19.1. The Hall–Kier alpha value is -1.42. The first-order valence-electron chi connectivity index (χ1n) is 6.63. The second kappa shape index (κ2) is 7.24. The zero-order valence-electron chi connectivity index (χ0n) is 12.1. The van der Waals surface area contributed by atoms with Gasteiger partial charge in [0.1, 0.15) is 5.82 Å². The van der Waals surface area contributed by atoms with Crippen molar-refractivity contribution >= 4 is 5.91 Å². The molecule has 0 heterocycles. The zero-order valence-corrected chi connectivity index (χ0v) is 12.1. The number of hydrogen-bond acceptors (Lipinski definition) is 2. The fraction of sp³-hybridized carbons (Fsp3) is 0.533. The van der Waals surface area contributed by atoms with Crippen LogP contribution >= 0.6 is 0 Å². The van der Waals surface area contributed by atoms with Gasteiger partial charge in [-0.2, -0.15) is 0 Å². The van der Waals surface area contributed by atoms with E-state index >= 15 is 0 Å². The van der Waals surface area contributed by atoms with E-state index in [2.05, 4.69) is 24.5 Å². The predicted molar refractivity (Wildman–Crippen MR) is 75.4 cm³/mol. The van der Waals surface area contributed by atoms with Crippen molar-refractivity contribution in [3.8, 4) is 0 Å². The molecule has 19 heavy (non-hydrogen) atoms. The summed E-state index contributed by atoms with van der Waals surface area (Å²) in [6.07, 6.45) is 0. The maximum absolute atomic E-state index is 13.5. The van der Waals surface area contributed by atoms with E-state index in [4.69, 9.17) is 0 Å². The first-order chi connectivity index (χ1) is 8.90. The maximum atomic E-state index is 13.5. The lowest BCUT2D eigenvalue weighted by Gasteiger charge is -2.10. The molecule has 2 N–H and O–H groups in total. The van der Waals surface area contributed by atoms with Crippen LogP contribution in [0.2, 0.25) is 0 Å². The fourth-order valence-electron chi connectivity index (χ4n) is 1.84. The second-order valence-electron chi connectivity index (χ2n) is 5.35. The van der Waals surface area contributed by atoms with Gasteiger partial charge >= 0.3 is 0 Å². The molecule has 1 aromatic rings. The van der Waals surface area contributed by atoms with Gasteiger partial charge in [-0.1, -0.05) is 26.0 Å². The molecular weight excluding hydrogens is 243 g/mol. The van der Waals surface area contributed by atoms with Crippen LogP contribution < -0.4 is 10.6 Å². The van der Waals surface area contributed by atoms with Crippen molar-refractivity contribution in [2.75, 3.05) is 13.1 Å². The van der Waals surface area contributed by atoms with Crippen molar-refractivity contribution in [1.82, 2.24) is 10.6 Å². The molecule has 106 valence electrons. The van der Waals surface area contributed by atoms with Crippen molar-refractivity contribution in [3.63, 3.8) is 0 Å². The van der Waals surface area contributed by atoms with Crippen molar-refractivity contribution in [2.24, 2.45) is 5.92 Å². The van der Waals surface area contributed by atoms with E-state index in [0.717, 1.165) is 5.56 Å². The van der Waals surface area contributed by atoms with Crippen molar-refractivity contribution in [2.45, 2.75) is 34.2 Å². The van der Waals surface area contributed by atoms with Crippen LogP contribution in [0, 0.1) is 25.6 Å². The molecule has 0 aliphatic rings. The lowest BCUT2D eigenvalue weighted by molar-refractivity contribution is -0.120. The smallest absolute Gasteiger partial charge is 0.233 e. The van der Waals surface area contributed by atoms with Crippen LogP contribution in [0.3, 0.4) is 0 Å². The van der Waals surface area contributed by atoms with Crippen LogP contribution in [0.5, 0.6) is 0 Å². The minimum Gasteiger partial charge on any atom is -0.355 e. The highest BCUT2D eigenvalue weighted by molar-refractivity contribution is 5.77. The van der Waals surface area contributed by atoms with Crippen LogP contribution in [0.15, 0.2) is 12.1 Å². The first-order valence-corrected chi connectivity index (χ1v) is 6.63. The highest BCUT2D eigenvalue weighted by Gasteiger charge is 2.05. The van der Waals surface area contributed by atoms with Gasteiger partial charge in [0, 0.05) is 13.1 Å². The molecule has 0 aromatic heterocycles. The topological polar surface area (TPSA) is 41.1 Å². The van der Waals surface area contributed by atoms with Gasteiger partial charge in [-0.15, -0.1) is 0 Å². The number of carbonyl (C=O) groups is 1. The summed E-state index contributed by atoms with van der Waals surface area (Å²) < 4.78 is 13.5. The number of nitrogens with one attached hydrogen (secondary N) is 2. The normalized spacial score (nSPS) is 10.8. The van der Waals surface area contributed by atoms with Crippen molar-refractivity contribution in [3.05, 3.63) is 34.6 Å². The van der Waals surface area contributed by atoms with Crippen molar-refractivity contribution < 1.29 is 9.18 Å². The van der Waals surface area contributed by atoms with Gasteiger partial charge in [0.25, 0.3) is 0 Å². The molecule has 0 aliphatic carbocycles. The van der Waals surface area contributed by atoms with Gasteiger partial charge in [-0.3, -0.25) is 4.79 Å². The van der Waals surface area contributed by atoms with Crippen LogP contribution in [-0.4, -0.2) is 19.0 Å². The molecule has 0 fully saturated rings. The lowest BCUT2D eigenvalue weighted by Crippen LogP contribution is -2.35. The largest absolute Gasteiger partial charge is 0.355 e. The number of benzene rings is 1. The summed E-state index contributed by atoms with van der Waals surface area (Å²) in [5.74, 6) is 0.286. The number of hydrogen-bond donors (Lipinski definition) is 2. The number of carbonyl (C=O) groups excluding carboxylic acids is 1. The van der Waals surface area contributed by atoms with Gasteiger partial charge < -0.3 is 10.6 Å². The van der Waals surface area contributed by atoms with E-state index in [1.54, 1.807) is 26.0 Å². The summed E-state index contributed by atoms with van der Waals surface area (Å²) >= 11 is 0. The van der Waals surface area contributed by atoms with Gasteiger partial charge in [0.2, 0.25) is 5.91 Å². The molecule has 1 amide bonds. The number of rotatable bonds is 6. The van der Waals surface area contributed by atoms with Gasteiger partial charge in [-0.05, 0) is 36.5 Å². The molecule has 4 heteroatoms. The maximum Gasteiger partial charge on any atom is 0.233 e. The molecule has 3 nitrogen and oxygen atoms in total. The van der Waals surface area contributed by atoms with Crippen LogP contribution in [0.25, 0.3) is 0 Å². The molecule has 0 spiro atoms. The molecule has 0 aliphatic heterocycles. The zero-order chi connectivity index (χ0) is 14.4. The number of halogens is 1. The third-order valence-electron chi connectivity index (χ3n) is 2.82.